The van der Waals surface area contributed by atoms with Crippen molar-refractivity contribution in [2.24, 2.45) is 0 Å². The average molecular weight is 447 g/mol. The van der Waals surface area contributed by atoms with Crippen LogP contribution in [0.15, 0.2) is 59.5 Å². The van der Waals surface area contributed by atoms with Crippen LogP contribution in [0.5, 0.6) is 0 Å². The summed E-state index contributed by atoms with van der Waals surface area (Å²) in [7, 11) is 0. The minimum Gasteiger partial charge on any atom is -0.411 e. The maximum Gasteiger partial charge on any atom is 0.312 e. The number of imidazole rings is 1. The minimum atomic E-state index is -0.529. The van der Waals surface area contributed by atoms with E-state index in [1.165, 1.54) is 0 Å². The van der Waals surface area contributed by atoms with Gasteiger partial charge in [-0.15, -0.1) is 10.2 Å². The van der Waals surface area contributed by atoms with Gasteiger partial charge in [-0.25, -0.2) is 9.50 Å². The van der Waals surface area contributed by atoms with Crippen LogP contribution in [0.3, 0.4) is 0 Å². The molecule has 1 atom stereocenters. The maximum absolute atomic E-state index is 13.5. The number of aromatic nitrogens is 7. The quantitative estimate of drug-likeness (QED) is 0.452. The molecule has 0 aromatic carbocycles. The first kappa shape index (κ1) is 18.7. The summed E-state index contributed by atoms with van der Waals surface area (Å²) in [4.78, 5) is 26.9. The summed E-state index contributed by atoms with van der Waals surface area (Å²) in [6, 6.07) is 10.3. The maximum atomic E-state index is 13.5. The number of amides is 1. The molecule has 1 N–H and O–H groups in total. The topological polar surface area (TPSA) is 118 Å². The molecule has 32 heavy (non-hydrogen) atoms. The third-order valence-corrected chi connectivity index (χ3v) is 5.75. The van der Waals surface area contributed by atoms with E-state index in [0.29, 0.717) is 29.4 Å². The van der Waals surface area contributed by atoms with Gasteiger partial charge in [0.1, 0.15) is 11.7 Å². The van der Waals surface area contributed by atoms with Gasteiger partial charge in [-0.05, 0) is 30.3 Å². The van der Waals surface area contributed by atoms with Crippen molar-refractivity contribution in [1.29, 1.82) is 0 Å². The Morgan fingerprint density at radius 1 is 1.19 bits per heavy atom. The average Bonchev–Trinajstić information content (AvgIpc) is 3.58. The van der Waals surface area contributed by atoms with Gasteiger partial charge in [-0.1, -0.05) is 17.7 Å². The molecule has 0 saturated heterocycles. The molecule has 1 amide bonds. The SMILES string of the molecule is O=C(c1nnc(-c2ccccn2)o1)N1CCc2[nH]cnc2[C@@H]1c1cc2c(Cl)cccn2n1. The molecule has 5 aromatic heterocycles. The van der Waals surface area contributed by atoms with Crippen LogP contribution >= 0.6 is 11.6 Å². The van der Waals surface area contributed by atoms with Crippen molar-refractivity contribution in [3.8, 4) is 11.6 Å². The zero-order valence-electron chi connectivity index (χ0n) is 16.5. The van der Waals surface area contributed by atoms with Crippen LogP contribution in [0.1, 0.15) is 33.8 Å². The van der Waals surface area contributed by atoms with E-state index in [1.807, 2.05) is 24.4 Å². The van der Waals surface area contributed by atoms with Crippen molar-refractivity contribution in [1.82, 2.24) is 39.7 Å². The Hall–Kier alpha value is -4.05. The molecule has 0 saturated carbocycles. The van der Waals surface area contributed by atoms with E-state index >= 15 is 0 Å². The molecular weight excluding hydrogens is 432 g/mol. The number of nitrogens with zero attached hydrogens (tertiary/aromatic N) is 7. The molecule has 0 unspecified atom stereocenters. The predicted octanol–water partition coefficient (Wildman–Crippen LogP) is 2.94. The number of fused-ring (bicyclic) bond motifs is 2. The van der Waals surface area contributed by atoms with Gasteiger partial charge in [0.2, 0.25) is 0 Å². The highest BCUT2D eigenvalue weighted by atomic mass is 35.5. The van der Waals surface area contributed by atoms with E-state index in [1.54, 1.807) is 40.1 Å². The van der Waals surface area contributed by atoms with Crippen LogP contribution in [0.2, 0.25) is 5.02 Å². The third-order valence-electron chi connectivity index (χ3n) is 5.43. The van der Waals surface area contributed by atoms with E-state index in [0.717, 1.165) is 16.9 Å². The zero-order valence-corrected chi connectivity index (χ0v) is 17.3. The van der Waals surface area contributed by atoms with Crippen molar-refractivity contribution in [2.45, 2.75) is 12.5 Å². The Morgan fingerprint density at radius 2 is 2.12 bits per heavy atom. The summed E-state index contributed by atoms with van der Waals surface area (Å²) in [5.74, 6) is -0.333. The van der Waals surface area contributed by atoms with E-state index in [2.05, 4.69) is 30.2 Å². The van der Waals surface area contributed by atoms with Crippen molar-refractivity contribution >= 4 is 23.0 Å². The molecule has 10 nitrogen and oxygen atoms in total. The van der Waals surface area contributed by atoms with Crippen molar-refractivity contribution in [3.05, 3.63) is 83.1 Å². The van der Waals surface area contributed by atoms with Crippen molar-refractivity contribution in [3.63, 3.8) is 0 Å². The Morgan fingerprint density at radius 3 is 2.97 bits per heavy atom. The lowest BCUT2D eigenvalue weighted by molar-refractivity contribution is 0.0646. The normalized spacial score (nSPS) is 15.8. The van der Waals surface area contributed by atoms with Crippen LogP contribution in [0.25, 0.3) is 17.1 Å². The first-order valence-corrected chi connectivity index (χ1v) is 10.3. The van der Waals surface area contributed by atoms with E-state index in [4.69, 9.17) is 16.0 Å². The van der Waals surface area contributed by atoms with Gasteiger partial charge in [-0.3, -0.25) is 9.78 Å². The highest BCUT2D eigenvalue weighted by Crippen LogP contribution is 2.35. The number of H-pyrrole nitrogens is 1. The van der Waals surface area contributed by atoms with Crippen molar-refractivity contribution < 1.29 is 9.21 Å². The van der Waals surface area contributed by atoms with Crippen LogP contribution in [0, 0.1) is 0 Å². The first-order valence-electron chi connectivity index (χ1n) is 9.91. The van der Waals surface area contributed by atoms with Gasteiger partial charge in [0.15, 0.2) is 0 Å². The molecule has 1 aliphatic heterocycles. The minimum absolute atomic E-state index is 0.114. The molecule has 0 spiro atoms. The molecule has 0 radical (unpaired) electrons. The second kappa shape index (κ2) is 7.27. The summed E-state index contributed by atoms with van der Waals surface area (Å²) in [6.07, 6.45) is 5.67. The van der Waals surface area contributed by atoms with Gasteiger partial charge in [0.25, 0.3) is 5.89 Å². The molecule has 0 aliphatic carbocycles. The Bertz CT molecular complexity index is 1440. The number of nitrogens with one attached hydrogen (secondary N) is 1. The number of pyridine rings is 2. The summed E-state index contributed by atoms with van der Waals surface area (Å²) < 4.78 is 7.35. The molecule has 1 aliphatic rings. The highest BCUT2D eigenvalue weighted by Gasteiger charge is 2.38. The summed E-state index contributed by atoms with van der Waals surface area (Å²) in [5, 5.41) is 13.2. The monoisotopic (exact) mass is 446 g/mol. The third kappa shape index (κ3) is 2.95. The molecule has 158 valence electrons. The summed E-state index contributed by atoms with van der Waals surface area (Å²) in [6.45, 7) is 0.432. The van der Waals surface area contributed by atoms with E-state index in [9.17, 15) is 4.79 Å². The van der Waals surface area contributed by atoms with Gasteiger partial charge in [-0.2, -0.15) is 5.10 Å². The van der Waals surface area contributed by atoms with E-state index < -0.39 is 11.9 Å². The highest BCUT2D eigenvalue weighted by molar-refractivity contribution is 6.33. The molecule has 6 heterocycles. The van der Waals surface area contributed by atoms with Crippen molar-refractivity contribution in [2.75, 3.05) is 6.54 Å². The van der Waals surface area contributed by atoms with Gasteiger partial charge < -0.3 is 14.3 Å². The molecule has 0 bridgehead atoms. The Kier molecular flexibility index (Phi) is 4.25. The standard InChI is InChI=1S/C21H15ClN8O2/c22-12-4-3-8-30-16(12)10-15(28-30)18-17-13(24-11-25-17)6-9-29(18)21(31)20-27-26-19(32-20)14-5-1-2-7-23-14/h1-5,7-8,10-11,18H,6,9H2,(H,24,25)/t18-/m0/s1. The van der Waals surface area contributed by atoms with Gasteiger partial charge in [0.05, 0.1) is 28.3 Å². The smallest absolute Gasteiger partial charge is 0.312 e. The predicted molar refractivity (Wildman–Crippen MR) is 113 cm³/mol. The second-order valence-corrected chi connectivity index (χ2v) is 7.71. The fraction of sp³-hybridized carbons (Fsp3) is 0.143. The summed E-state index contributed by atoms with van der Waals surface area (Å²) in [5.41, 5.74) is 3.58. The van der Waals surface area contributed by atoms with Crippen LogP contribution in [-0.2, 0) is 6.42 Å². The van der Waals surface area contributed by atoms with Gasteiger partial charge >= 0.3 is 11.8 Å². The van der Waals surface area contributed by atoms with Gasteiger partial charge in [0, 0.05) is 31.1 Å². The number of hydrogen-bond donors (Lipinski definition) is 1. The van der Waals surface area contributed by atoms with Crippen LogP contribution in [0.4, 0.5) is 0 Å². The molecule has 0 fully saturated rings. The van der Waals surface area contributed by atoms with Crippen LogP contribution < -0.4 is 0 Å². The number of hydrogen-bond acceptors (Lipinski definition) is 7. The second-order valence-electron chi connectivity index (χ2n) is 7.30. The zero-order chi connectivity index (χ0) is 21.7. The Balaban J connectivity index is 1.41. The molecular formula is C21H15ClN8O2. The largest absolute Gasteiger partial charge is 0.411 e. The molecule has 11 heteroatoms. The first-order chi connectivity index (χ1) is 15.7. The number of aromatic amines is 1. The fourth-order valence-corrected chi connectivity index (χ4v) is 4.17. The molecule has 6 rings (SSSR count). The number of halogens is 1. The number of carbonyl (C=O) groups is 1. The Labute approximate surface area is 185 Å². The van der Waals surface area contributed by atoms with Crippen LogP contribution in [-0.4, -0.2) is 52.1 Å². The number of rotatable bonds is 3. The lowest BCUT2D eigenvalue weighted by Gasteiger charge is -2.32. The molecule has 5 aromatic rings. The number of carbonyl (C=O) groups excluding carboxylic acids is 1. The fourth-order valence-electron chi connectivity index (χ4n) is 3.95. The summed E-state index contributed by atoms with van der Waals surface area (Å²) >= 11 is 6.34. The lowest BCUT2D eigenvalue weighted by Crippen LogP contribution is -2.41. The van der Waals surface area contributed by atoms with E-state index in [-0.39, 0.29) is 11.8 Å². The lowest BCUT2D eigenvalue weighted by atomic mass is 9.99.